The number of amides is 2. The van der Waals surface area contributed by atoms with Gasteiger partial charge >= 0.3 is 0 Å². The van der Waals surface area contributed by atoms with E-state index in [0.29, 0.717) is 5.69 Å². The highest BCUT2D eigenvalue weighted by molar-refractivity contribution is 9.10. The number of hydrogen-bond acceptors (Lipinski definition) is 2. The number of hydrogen-bond donors (Lipinski definition) is 1. The summed E-state index contributed by atoms with van der Waals surface area (Å²) >= 11 is 3.44. The maximum absolute atomic E-state index is 12.8. The molecule has 1 aliphatic heterocycles. The van der Waals surface area contributed by atoms with E-state index in [2.05, 4.69) is 21.2 Å². The summed E-state index contributed by atoms with van der Waals surface area (Å²) in [5.74, 6) is -0.334. The Morgan fingerprint density at radius 1 is 1.13 bits per heavy atom. The number of anilines is 1. The molecule has 0 saturated carbocycles. The monoisotopic (exact) mass is 380 g/mol. The lowest BCUT2D eigenvalue weighted by Gasteiger charge is -2.30. The van der Waals surface area contributed by atoms with E-state index in [-0.39, 0.29) is 11.8 Å². The van der Waals surface area contributed by atoms with Gasteiger partial charge in [-0.1, -0.05) is 28.8 Å². The normalized spacial score (nSPS) is 15.9. The quantitative estimate of drug-likeness (QED) is 0.801. The molecule has 1 aromatic rings. The summed E-state index contributed by atoms with van der Waals surface area (Å²) in [5.41, 5.74) is 0.692. The third-order valence-electron chi connectivity index (χ3n) is 4.41. The zero-order valence-corrected chi connectivity index (χ0v) is 15.7. The van der Waals surface area contributed by atoms with Crippen molar-refractivity contribution in [3.63, 3.8) is 0 Å². The summed E-state index contributed by atoms with van der Waals surface area (Å²) in [7, 11) is 0. The van der Waals surface area contributed by atoms with Crippen LogP contribution in [0.5, 0.6) is 0 Å². The van der Waals surface area contributed by atoms with Crippen LogP contribution in [0.4, 0.5) is 5.69 Å². The summed E-state index contributed by atoms with van der Waals surface area (Å²) in [6.07, 6.45) is 4.37. The lowest BCUT2D eigenvalue weighted by Crippen LogP contribution is -2.47. The fourth-order valence-electron chi connectivity index (χ4n) is 2.78. The zero-order valence-electron chi connectivity index (χ0n) is 14.1. The summed E-state index contributed by atoms with van der Waals surface area (Å²) in [4.78, 5) is 27.3. The largest absolute Gasteiger partial charge is 0.342 e. The molecule has 0 unspecified atom stereocenters. The molecule has 2 amide bonds. The molecule has 2 rings (SSSR count). The van der Waals surface area contributed by atoms with Crippen LogP contribution in [0.15, 0.2) is 22.7 Å². The van der Waals surface area contributed by atoms with E-state index in [4.69, 9.17) is 0 Å². The molecule has 0 aromatic heterocycles. The van der Waals surface area contributed by atoms with Gasteiger partial charge in [0.05, 0.1) is 0 Å². The number of benzene rings is 1. The Kier molecular flexibility index (Phi) is 5.84. The van der Waals surface area contributed by atoms with Crippen LogP contribution in [0.3, 0.4) is 0 Å². The molecule has 1 heterocycles. The predicted octanol–water partition coefficient (Wildman–Crippen LogP) is 4.12. The number of halogens is 1. The first-order valence-corrected chi connectivity index (χ1v) is 8.98. The van der Waals surface area contributed by atoms with E-state index < -0.39 is 5.41 Å². The second-order valence-electron chi connectivity index (χ2n) is 6.75. The van der Waals surface area contributed by atoms with Crippen molar-refractivity contribution >= 4 is 33.4 Å². The van der Waals surface area contributed by atoms with Crippen LogP contribution in [0.2, 0.25) is 0 Å². The number of rotatable bonds is 3. The minimum absolute atomic E-state index is 0.0780. The first kappa shape index (κ1) is 18.0. The molecule has 0 aliphatic carbocycles. The van der Waals surface area contributed by atoms with Gasteiger partial charge in [0.25, 0.3) is 0 Å². The van der Waals surface area contributed by atoms with Gasteiger partial charge in [-0.3, -0.25) is 9.59 Å². The molecule has 126 valence electrons. The molecule has 1 N–H and O–H groups in total. The Morgan fingerprint density at radius 3 is 2.30 bits per heavy atom. The molecular formula is C18H25BrN2O2. The van der Waals surface area contributed by atoms with Crippen molar-refractivity contribution in [3.05, 3.63) is 28.2 Å². The standard InChI is InChI=1S/C18H25BrN2O2/c1-13-12-14(8-9-15(13)19)20-16(22)18(2,3)17(23)21-10-6-4-5-7-11-21/h8-9,12H,4-7,10-11H2,1-3H3,(H,20,22). The van der Waals surface area contributed by atoms with Crippen molar-refractivity contribution in [1.82, 2.24) is 4.90 Å². The average Bonchev–Trinajstić information content (AvgIpc) is 2.79. The fourth-order valence-corrected chi connectivity index (χ4v) is 3.02. The van der Waals surface area contributed by atoms with Crippen molar-refractivity contribution in [2.45, 2.75) is 46.5 Å². The molecule has 0 spiro atoms. The average molecular weight is 381 g/mol. The smallest absolute Gasteiger partial charge is 0.239 e. The van der Waals surface area contributed by atoms with Gasteiger partial charge in [-0.2, -0.15) is 0 Å². The van der Waals surface area contributed by atoms with Crippen molar-refractivity contribution < 1.29 is 9.59 Å². The van der Waals surface area contributed by atoms with Crippen LogP contribution in [-0.4, -0.2) is 29.8 Å². The highest BCUT2D eigenvalue weighted by Gasteiger charge is 2.39. The Bertz CT molecular complexity index is 591. The highest BCUT2D eigenvalue weighted by Crippen LogP contribution is 2.25. The fraction of sp³-hybridized carbons (Fsp3) is 0.556. The molecule has 4 nitrogen and oxygen atoms in total. The molecule has 1 fully saturated rings. The minimum Gasteiger partial charge on any atom is -0.342 e. The van der Waals surface area contributed by atoms with Gasteiger partial charge < -0.3 is 10.2 Å². The van der Waals surface area contributed by atoms with Crippen LogP contribution in [0.25, 0.3) is 0 Å². The molecule has 1 aliphatic rings. The third kappa shape index (κ3) is 4.34. The maximum Gasteiger partial charge on any atom is 0.239 e. The molecule has 0 atom stereocenters. The predicted molar refractivity (Wildman–Crippen MR) is 96.3 cm³/mol. The first-order chi connectivity index (χ1) is 10.8. The van der Waals surface area contributed by atoms with Gasteiger partial charge in [0, 0.05) is 23.2 Å². The summed E-state index contributed by atoms with van der Waals surface area (Å²) in [6.45, 7) is 6.90. The maximum atomic E-state index is 12.8. The number of nitrogens with zero attached hydrogens (tertiary/aromatic N) is 1. The Labute approximate surface area is 146 Å². The van der Waals surface area contributed by atoms with Gasteiger partial charge in [0.1, 0.15) is 5.41 Å². The Hall–Kier alpha value is -1.36. The molecule has 5 heteroatoms. The van der Waals surface area contributed by atoms with Crippen LogP contribution in [0.1, 0.15) is 45.1 Å². The van der Waals surface area contributed by atoms with E-state index in [1.54, 1.807) is 13.8 Å². The summed E-state index contributed by atoms with van der Waals surface area (Å²) < 4.78 is 0.996. The molecule has 1 aromatic carbocycles. The second kappa shape index (κ2) is 7.47. The van der Waals surface area contributed by atoms with Crippen molar-refractivity contribution in [3.8, 4) is 0 Å². The summed E-state index contributed by atoms with van der Waals surface area (Å²) in [6, 6.07) is 5.63. The molecule has 23 heavy (non-hydrogen) atoms. The van der Waals surface area contributed by atoms with Crippen LogP contribution in [-0.2, 0) is 9.59 Å². The number of nitrogens with one attached hydrogen (secondary N) is 1. The summed E-state index contributed by atoms with van der Waals surface area (Å²) in [5, 5.41) is 2.88. The number of aryl methyl sites for hydroxylation is 1. The van der Waals surface area contributed by atoms with Crippen LogP contribution >= 0.6 is 15.9 Å². The van der Waals surface area contributed by atoms with Crippen molar-refractivity contribution in [2.75, 3.05) is 18.4 Å². The Morgan fingerprint density at radius 2 is 1.74 bits per heavy atom. The first-order valence-electron chi connectivity index (χ1n) is 8.19. The number of carbonyl (C=O) groups excluding carboxylic acids is 2. The van der Waals surface area contributed by atoms with Crippen LogP contribution < -0.4 is 5.32 Å². The number of carbonyl (C=O) groups is 2. The van der Waals surface area contributed by atoms with E-state index in [9.17, 15) is 9.59 Å². The highest BCUT2D eigenvalue weighted by atomic mass is 79.9. The van der Waals surface area contributed by atoms with Gasteiger partial charge in [0.2, 0.25) is 11.8 Å². The SMILES string of the molecule is Cc1cc(NC(=O)C(C)(C)C(=O)N2CCCCCC2)ccc1Br. The lowest BCUT2D eigenvalue weighted by atomic mass is 9.90. The zero-order chi connectivity index (χ0) is 17.0. The van der Waals surface area contributed by atoms with Gasteiger partial charge in [-0.25, -0.2) is 0 Å². The van der Waals surface area contributed by atoms with E-state index in [0.717, 1.165) is 48.8 Å². The van der Waals surface area contributed by atoms with Gasteiger partial charge in [-0.15, -0.1) is 0 Å². The van der Waals surface area contributed by atoms with Crippen LogP contribution in [0, 0.1) is 12.3 Å². The van der Waals surface area contributed by atoms with E-state index >= 15 is 0 Å². The topological polar surface area (TPSA) is 49.4 Å². The van der Waals surface area contributed by atoms with Crippen molar-refractivity contribution in [1.29, 1.82) is 0 Å². The molecule has 1 saturated heterocycles. The van der Waals surface area contributed by atoms with Crippen molar-refractivity contribution in [2.24, 2.45) is 5.41 Å². The molecule has 0 bridgehead atoms. The number of likely N-dealkylation sites (tertiary alicyclic amines) is 1. The molecular weight excluding hydrogens is 356 g/mol. The Balaban J connectivity index is 2.08. The molecule has 0 radical (unpaired) electrons. The third-order valence-corrected chi connectivity index (χ3v) is 5.30. The van der Waals surface area contributed by atoms with Gasteiger partial charge in [0.15, 0.2) is 0 Å². The minimum atomic E-state index is -1.06. The lowest BCUT2D eigenvalue weighted by molar-refractivity contribution is -0.146. The van der Waals surface area contributed by atoms with E-state index in [1.165, 1.54) is 0 Å². The second-order valence-corrected chi connectivity index (χ2v) is 7.60. The van der Waals surface area contributed by atoms with Gasteiger partial charge in [-0.05, 0) is 57.4 Å². The van der Waals surface area contributed by atoms with E-state index in [1.807, 2.05) is 30.0 Å².